The minimum atomic E-state index is -0.551. The number of benzene rings is 2. The molecule has 144 valence electrons. The lowest BCUT2D eigenvalue weighted by Crippen LogP contribution is -2.26. The number of carbonyl (C=O) groups excluding carboxylic acids is 1. The fraction of sp³-hybridized carbons (Fsp3) is 0.130. The molecule has 0 spiro atoms. The smallest absolute Gasteiger partial charge is 0.407 e. The van der Waals surface area contributed by atoms with Crippen molar-refractivity contribution in [2.75, 3.05) is 13.2 Å². The summed E-state index contributed by atoms with van der Waals surface area (Å²) in [6.07, 6.45) is -0.551. The molecule has 1 amide bonds. The summed E-state index contributed by atoms with van der Waals surface area (Å²) in [6, 6.07) is 19.2. The summed E-state index contributed by atoms with van der Waals surface area (Å²) in [5.74, 6) is 5.32. The number of aromatic nitrogens is 1. The predicted molar refractivity (Wildman–Crippen MR) is 111 cm³/mol. The average Bonchev–Trinajstić information content (AvgIpc) is 3.06. The van der Waals surface area contributed by atoms with Gasteiger partial charge in [0.25, 0.3) is 0 Å². The van der Waals surface area contributed by atoms with Crippen LogP contribution in [-0.2, 0) is 4.74 Å². The number of carbonyl (C=O) groups is 1. The zero-order valence-electron chi connectivity index (χ0n) is 15.4. The summed E-state index contributed by atoms with van der Waals surface area (Å²) >= 11 is 5.78. The molecule has 5 nitrogen and oxygen atoms in total. The van der Waals surface area contributed by atoms with Gasteiger partial charge in [-0.25, -0.2) is 9.78 Å². The molecular formula is C23H17ClN2O3. The van der Waals surface area contributed by atoms with E-state index in [1.54, 1.807) is 0 Å². The fourth-order valence-corrected chi connectivity index (χ4v) is 3.56. The molecule has 0 unspecified atom stereocenters. The van der Waals surface area contributed by atoms with Crippen LogP contribution in [0.25, 0.3) is 11.1 Å². The molecule has 0 saturated heterocycles. The average molecular weight is 405 g/mol. The Kier molecular flexibility index (Phi) is 5.37. The molecule has 0 atom stereocenters. The molecule has 1 heterocycles. The number of nitrogens with one attached hydrogen (secondary N) is 1. The number of pyridine rings is 1. The fourth-order valence-electron chi connectivity index (χ4n) is 3.41. The first-order valence-electron chi connectivity index (χ1n) is 9.06. The molecule has 0 saturated carbocycles. The van der Waals surface area contributed by atoms with Gasteiger partial charge in [-0.05, 0) is 40.3 Å². The summed E-state index contributed by atoms with van der Waals surface area (Å²) in [4.78, 5) is 16.0. The van der Waals surface area contributed by atoms with E-state index in [-0.39, 0.29) is 35.7 Å². The van der Waals surface area contributed by atoms with Crippen LogP contribution in [0.3, 0.4) is 0 Å². The number of nitrogens with zero attached hydrogens (tertiary/aromatic N) is 1. The Balaban J connectivity index is 1.36. The number of halogens is 1. The first-order valence-corrected chi connectivity index (χ1v) is 9.44. The second-order valence-electron chi connectivity index (χ2n) is 6.48. The standard InChI is InChI=1S/C23H17ClN2O3/c24-22-12-11-21(27)20(26-22)10-5-13-25-23(28)29-14-19-17-8-3-1-6-15(17)16-7-2-4-9-18(16)19/h1-4,6-9,11-12,19,27H,13-14H2,(H,25,28). The minimum absolute atomic E-state index is 0.00634. The van der Waals surface area contributed by atoms with E-state index in [4.69, 9.17) is 16.3 Å². The maximum atomic E-state index is 12.1. The third-order valence-corrected chi connectivity index (χ3v) is 4.92. The van der Waals surface area contributed by atoms with Crippen molar-refractivity contribution in [1.29, 1.82) is 0 Å². The van der Waals surface area contributed by atoms with Crippen molar-refractivity contribution in [3.05, 3.63) is 82.6 Å². The van der Waals surface area contributed by atoms with Crippen molar-refractivity contribution >= 4 is 17.7 Å². The lowest BCUT2D eigenvalue weighted by atomic mass is 9.98. The lowest BCUT2D eigenvalue weighted by molar-refractivity contribution is 0.144. The Hall–Kier alpha value is -3.49. The van der Waals surface area contributed by atoms with Gasteiger partial charge in [0.15, 0.2) is 5.69 Å². The van der Waals surface area contributed by atoms with E-state index in [1.807, 2.05) is 24.3 Å². The second kappa shape index (κ2) is 8.26. The molecule has 0 fully saturated rings. The largest absolute Gasteiger partial charge is 0.505 e. The Morgan fingerprint density at radius 1 is 1.07 bits per heavy atom. The van der Waals surface area contributed by atoms with Crippen molar-refractivity contribution < 1.29 is 14.6 Å². The SMILES string of the molecule is O=C(NCC#Cc1nc(Cl)ccc1O)OCC1c2ccccc2-c2ccccc21. The van der Waals surface area contributed by atoms with Crippen molar-refractivity contribution in [2.45, 2.75) is 5.92 Å². The van der Waals surface area contributed by atoms with Gasteiger partial charge in [0.1, 0.15) is 17.5 Å². The van der Waals surface area contributed by atoms with E-state index in [1.165, 1.54) is 23.3 Å². The van der Waals surface area contributed by atoms with Crippen LogP contribution in [0.5, 0.6) is 5.75 Å². The molecule has 0 bridgehead atoms. The maximum absolute atomic E-state index is 12.1. The number of ether oxygens (including phenoxy) is 1. The van der Waals surface area contributed by atoms with E-state index in [0.717, 1.165) is 11.1 Å². The molecule has 2 N–H and O–H groups in total. The van der Waals surface area contributed by atoms with Crippen LogP contribution in [0.4, 0.5) is 4.79 Å². The number of amides is 1. The van der Waals surface area contributed by atoms with Gasteiger partial charge >= 0.3 is 6.09 Å². The van der Waals surface area contributed by atoms with Gasteiger partial charge in [-0.2, -0.15) is 0 Å². The molecule has 0 aliphatic heterocycles. The van der Waals surface area contributed by atoms with E-state index >= 15 is 0 Å². The van der Waals surface area contributed by atoms with Gasteiger partial charge in [0, 0.05) is 5.92 Å². The molecule has 29 heavy (non-hydrogen) atoms. The Morgan fingerprint density at radius 3 is 2.41 bits per heavy atom. The highest BCUT2D eigenvalue weighted by Crippen LogP contribution is 2.44. The first kappa shape index (κ1) is 18.9. The zero-order valence-corrected chi connectivity index (χ0v) is 16.1. The van der Waals surface area contributed by atoms with Gasteiger partial charge in [-0.1, -0.05) is 66.1 Å². The molecule has 1 aliphatic carbocycles. The van der Waals surface area contributed by atoms with Gasteiger partial charge < -0.3 is 15.2 Å². The Bertz CT molecular complexity index is 1090. The van der Waals surface area contributed by atoms with Crippen LogP contribution >= 0.6 is 11.6 Å². The Morgan fingerprint density at radius 2 is 1.72 bits per heavy atom. The highest BCUT2D eigenvalue weighted by atomic mass is 35.5. The van der Waals surface area contributed by atoms with Crippen molar-refractivity contribution in [3.63, 3.8) is 0 Å². The summed E-state index contributed by atoms with van der Waals surface area (Å²) in [6.45, 7) is 0.300. The monoisotopic (exact) mass is 404 g/mol. The summed E-state index contributed by atoms with van der Waals surface area (Å²) in [5.41, 5.74) is 4.83. The lowest BCUT2D eigenvalue weighted by Gasteiger charge is -2.14. The van der Waals surface area contributed by atoms with Gasteiger partial charge in [0.05, 0.1) is 6.54 Å². The van der Waals surface area contributed by atoms with Gasteiger partial charge in [0.2, 0.25) is 0 Å². The summed E-state index contributed by atoms with van der Waals surface area (Å²) in [7, 11) is 0. The van der Waals surface area contributed by atoms with E-state index in [2.05, 4.69) is 46.4 Å². The quantitative estimate of drug-likeness (QED) is 0.503. The van der Waals surface area contributed by atoms with Crippen molar-refractivity contribution in [3.8, 4) is 28.7 Å². The predicted octanol–water partition coefficient (Wildman–Crippen LogP) is 4.33. The highest BCUT2D eigenvalue weighted by molar-refractivity contribution is 6.29. The van der Waals surface area contributed by atoms with Crippen LogP contribution < -0.4 is 5.32 Å². The Labute approximate surface area is 173 Å². The molecule has 4 rings (SSSR count). The van der Waals surface area contributed by atoms with E-state index in [0.29, 0.717) is 0 Å². The highest BCUT2D eigenvalue weighted by Gasteiger charge is 2.28. The third kappa shape index (κ3) is 4.03. The second-order valence-corrected chi connectivity index (χ2v) is 6.87. The van der Waals surface area contributed by atoms with E-state index in [9.17, 15) is 9.90 Å². The van der Waals surface area contributed by atoms with Gasteiger partial charge in [-0.3, -0.25) is 0 Å². The summed E-state index contributed by atoms with van der Waals surface area (Å²) < 4.78 is 5.43. The van der Waals surface area contributed by atoms with Crippen molar-refractivity contribution in [1.82, 2.24) is 10.3 Å². The van der Waals surface area contributed by atoms with Crippen molar-refractivity contribution in [2.24, 2.45) is 0 Å². The first-order chi connectivity index (χ1) is 14.1. The zero-order chi connectivity index (χ0) is 20.2. The number of fused-ring (bicyclic) bond motifs is 3. The third-order valence-electron chi connectivity index (χ3n) is 4.71. The molecule has 3 aromatic rings. The van der Waals surface area contributed by atoms with Crippen LogP contribution in [-0.4, -0.2) is 29.3 Å². The number of hydrogen-bond acceptors (Lipinski definition) is 4. The topological polar surface area (TPSA) is 71.5 Å². The van der Waals surface area contributed by atoms with Gasteiger partial charge in [-0.15, -0.1) is 0 Å². The van der Waals surface area contributed by atoms with Crippen LogP contribution in [0.2, 0.25) is 5.15 Å². The molecular weight excluding hydrogens is 388 g/mol. The normalized spacial score (nSPS) is 11.8. The molecule has 6 heteroatoms. The number of alkyl carbamates (subject to hydrolysis) is 1. The van der Waals surface area contributed by atoms with Crippen LogP contribution in [0, 0.1) is 11.8 Å². The number of rotatable bonds is 3. The van der Waals surface area contributed by atoms with E-state index < -0.39 is 6.09 Å². The van der Waals surface area contributed by atoms with Crippen LogP contribution in [0.1, 0.15) is 22.7 Å². The molecule has 0 radical (unpaired) electrons. The summed E-state index contributed by atoms with van der Waals surface area (Å²) in [5, 5.41) is 12.5. The van der Waals surface area contributed by atoms with Crippen LogP contribution in [0.15, 0.2) is 60.7 Å². The molecule has 1 aliphatic rings. The minimum Gasteiger partial charge on any atom is -0.505 e. The maximum Gasteiger partial charge on any atom is 0.407 e. The molecule has 2 aromatic carbocycles. The molecule has 1 aromatic heterocycles. The number of hydrogen-bond donors (Lipinski definition) is 2. The number of aromatic hydroxyl groups is 1.